The summed E-state index contributed by atoms with van der Waals surface area (Å²) in [7, 11) is -2.35. The molecule has 18 heavy (non-hydrogen) atoms. The van der Waals surface area contributed by atoms with Crippen molar-refractivity contribution in [1.82, 2.24) is 4.72 Å². The van der Waals surface area contributed by atoms with E-state index in [2.05, 4.69) is 9.46 Å². The minimum absolute atomic E-state index is 0.151. The number of hydrogen-bond acceptors (Lipinski definition) is 5. The molecule has 0 spiro atoms. The number of esters is 1. The fourth-order valence-electron chi connectivity index (χ4n) is 1.38. The first-order valence-electron chi connectivity index (χ1n) is 5.29. The van der Waals surface area contributed by atoms with Crippen molar-refractivity contribution >= 4 is 27.3 Å². The van der Waals surface area contributed by atoms with Crippen LogP contribution >= 0.6 is 11.3 Å². The van der Waals surface area contributed by atoms with Gasteiger partial charge in [-0.25, -0.2) is 17.9 Å². The van der Waals surface area contributed by atoms with Gasteiger partial charge in [0.05, 0.1) is 7.11 Å². The maximum Gasteiger partial charge on any atom is 0.348 e. The minimum atomic E-state index is -3.61. The third-order valence-corrected chi connectivity index (χ3v) is 5.55. The molecule has 0 atom stereocenters. The quantitative estimate of drug-likeness (QED) is 0.864. The molecule has 0 amide bonds. The monoisotopic (exact) mass is 291 g/mol. The van der Waals surface area contributed by atoms with Gasteiger partial charge in [-0.3, -0.25) is 0 Å². The molecule has 7 heteroatoms. The van der Waals surface area contributed by atoms with Gasteiger partial charge in [0.1, 0.15) is 9.09 Å². The SMILES string of the molecule is COC(=O)c1cc(C)c(S(=O)(=O)NC(C)(C)C)s1. The first-order valence-corrected chi connectivity index (χ1v) is 7.59. The van der Waals surface area contributed by atoms with Crippen molar-refractivity contribution in [3.63, 3.8) is 0 Å². The molecule has 0 aliphatic rings. The Kier molecular flexibility index (Phi) is 4.19. The van der Waals surface area contributed by atoms with Crippen LogP contribution in [0.1, 0.15) is 36.0 Å². The minimum Gasteiger partial charge on any atom is -0.465 e. The van der Waals surface area contributed by atoms with Gasteiger partial charge in [0.15, 0.2) is 0 Å². The van der Waals surface area contributed by atoms with Crippen molar-refractivity contribution in [3.05, 3.63) is 16.5 Å². The lowest BCUT2D eigenvalue weighted by Gasteiger charge is -2.19. The Morgan fingerprint density at radius 1 is 1.39 bits per heavy atom. The molecule has 1 N–H and O–H groups in total. The van der Waals surface area contributed by atoms with Crippen LogP contribution in [0.2, 0.25) is 0 Å². The third-order valence-electron chi connectivity index (χ3n) is 1.94. The van der Waals surface area contributed by atoms with Gasteiger partial charge >= 0.3 is 5.97 Å². The molecule has 1 aromatic rings. The van der Waals surface area contributed by atoms with Crippen molar-refractivity contribution in [2.24, 2.45) is 0 Å². The number of carbonyl (C=O) groups excluding carboxylic acids is 1. The summed E-state index contributed by atoms with van der Waals surface area (Å²) in [4.78, 5) is 11.6. The van der Waals surface area contributed by atoms with Crippen LogP contribution in [0.3, 0.4) is 0 Å². The molecule has 1 heterocycles. The fourth-order valence-corrected chi connectivity index (χ4v) is 4.42. The Morgan fingerprint density at radius 2 is 1.94 bits per heavy atom. The van der Waals surface area contributed by atoms with E-state index in [0.29, 0.717) is 5.56 Å². The lowest BCUT2D eigenvalue weighted by molar-refractivity contribution is 0.0606. The largest absolute Gasteiger partial charge is 0.465 e. The number of aryl methyl sites for hydroxylation is 1. The van der Waals surface area contributed by atoms with E-state index in [1.807, 2.05) is 0 Å². The summed E-state index contributed by atoms with van der Waals surface area (Å²) in [6, 6.07) is 1.52. The highest BCUT2D eigenvalue weighted by Crippen LogP contribution is 2.27. The molecular formula is C11H17NO4S2. The molecule has 102 valence electrons. The van der Waals surface area contributed by atoms with E-state index in [1.54, 1.807) is 27.7 Å². The van der Waals surface area contributed by atoms with Crippen LogP contribution in [0.4, 0.5) is 0 Å². The maximum atomic E-state index is 12.1. The number of rotatable bonds is 3. The summed E-state index contributed by atoms with van der Waals surface area (Å²) in [6.45, 7) is 6.93. The Hall–Kier alpha value is -0.920. The normalized spacial score (nSPS) is 12.5. The number of carbonyl (C=O) groups is 1. The van der Waals surface area contributed by atoms with Gasteiger partial charge in [-0.1, -0.05) is 0 Å². The highest BCUT2D eigenvalue weighted by atomic mass is 32.2. The molecule has 0 aliphatic carbocycles. The molecule has 1 rings (SSSR count). The number of thiophene rings is 1. The highest BCUT2D eigenvalue weighted by molar-refractivity contribution is 7.91. The van der Waals surface area contributed by atoms with Gasteiger partial charge in [-0.15, -0.1) is 11.3 Å². The molecule has 0 saturated carbocycles. The van der Waals surface area contributed by atoms with Gasteiger partial charge in [-0.2, -0.15) is 0 Å². The van der Waals surface area contributed by atoms with E-state index >= 15 is 0 Å². The van der Waals surface area contributed by atoms with Gasteiger partial charge in [0.2, 0.25) is 0 Å². The molecule has 0 radical (unpaired) electrons. The van der Waals surface area contributed by atoms with E-state index in [0.717, 1.165) is 11.3 Å². The zero-order valence-corrected chi connectivity index (χ0v) is 12.7. The topological polar surface area (TPSA) is 72.5 Å². The van der Waals surface area contributed by atoms with Crippen LogP contribution < -0.4 is 4.72 Å². The van der Waals surface area contributed by atoms with Crippen LogP contribution in [-0.4, -0.2) is 27.0 Å². The fraction of sp³-hybridized carbons (Fsp3) is 0.545. The zero-order valence-electron chi connectivity index (χ0n) is 11.0. The molecular weight excluding hydrogens is 274 g/mol. The van der Waals surface area contributed by atoms with Gasteiger partial charge < -0.3 is 4.74 Å². The first kappa shape index (κ1) is 15.1. The lowest BCUT2D eigenvalue weighted by atomic mass is 10.1. The Bertz CT molecular complexity index is 552. The van der Waals surface area contributed by atoms with E-state index in [9.17, 15) is 13.2 Å². The first-order chi connectivity index (χ1) is 8.07. The highest BCUT2D eigenvalue weighted by Gasteiger charge is 2.27. The van der Waals surface area contributed by atoms with Gasteiger partial charge in [0.25, 0.3) is 10.0 Å². The summed E-state index contributed by atoms with van der Waals surface area (Å²) in [6.07, 6.45) is 0. The molecule has 5 nitrogen and oxygen atoms in total. The zero-order chi connectivity index (χ0) is 14.1. The van der Waals surface area contributed by atoms with E-state index in [-0.39, 0.29) is 9.09 Å². The summed E-state index contributed by atoms with van der Waals surface area (Å²) < 4.78 is 31.6. The second kappa shape index (κ2) is 4.99. The van der Waals surface area contributed by atoms with E-state index in [4.69, 9.17) is 0 Å². The van der Waals surface area contributed by atoms with Gasteiger partial charge in [-0.05, 0) is 39.3 Å². The third kappa shape index (κ3) is 3.54. The average molecular weight is 291 g/mol. The number of hydrogen-bond donors (Lipinski definition) is 1. The van der Waals surface area contributed by atoms with Gasteiger partial charge in [0, 0.05) is 5.54 Å². The van der Waals surface area contributed by atoms with Crippen LogP contribution in [0.15, 0.2) is 10.3 Å². The van der Waals surface area contributed by atoms with Crippen molar-refractivity contribution in [2.45, 2.75) is 37.4 Å². The van der Waals surface area contributed by atoms with Crippen LogP contribution in [0, 0.1) is 6.92 Å². The molecule has 0 fully saturated rings. The van der Waals surface area contributed by atoms with Crippen molar-refractivity contribution in [3.8, 4) is 0 Å². The molecule has 1 aromatic heterocycles. The number of ether oxygens (including phenoxy) is 1. The molecule has 0 bridgehead atoms. The van der Waals surface area contributed by atoms with E-state index in [1.165, 1.54) is 13.2 Å². The predicted molar refractivity (Wildman–Crippen MR) is 70.5 cm³/mol. The average Bonchev–Trinajstić information content (AvgIpc) is 2.56. The van der Waals surface area contributed by atoms with Crippen LogP contribution in [-0.2, 0) is 14.8 Å². The molecule has 0 saturated heterocycles. The van der Waals surface area contributed by atoms with Crippen LogP contribution in [0.25, 0.3) is 0 Å². The molecule has 0 aliphatic heterocycles. The summed E-state index contributed by atoms with van der Waals surface area (Å²) in [5.74, 6) is -0.527. The van der Waals surface area contributed by atoms with Crippen molar-refractivity contribution in [2.75, 3.05) is 7.11 Å². The molecule has 0 unspecified atom stereocenters. The van der Waals surface area contributed by atoms with Crippen LogP contribution in [0.5, 0.6) is 0 Å². The number of methoxy groups -OCH3 is 1. The summed E-state index contributed by atoms with van der Waals surface area (Å²) in [5.41, 5.74) is -0.0297. The standard InChI is InChI=1S/C11H17NO4S2/c1-7-6-8(9(13)16-5)17-10(7)18(14,15)12-11(2,3)4/h6,12H,1-5H3. The molecule has 0 aromatic carbocycles. The maximum absolute atomic E-state index is 12.1. The number of sulfonamides is 1. The second-order valence-electron chi connectivity index (χ2n) is 4.93. The smallest absolute Gasteiger partial charge is 0.348 e. The van der Waals surface area contributed by atoms with Crippen molar-refractivity contribution in [1.29, 1.82) is 0 Å². The predicted octanol–water partition coefficient (Wildman–Crippen LogP) is 1.92. The van der Waals surface area contributed by atoms with E-state index < -0.39 is 21.5 Å². The summed E-state index contributed by atoms with van der Waals surface area (Å²) in [5, 5.41) is 0. The number of nitrogens with one attached hydrogen (secondary N) is 1. The summed E-state index contributed by atoms with van der Waals surface area (Å²) >= 11 is 0.915. The Balaban J connectivity index is 3.18. The second-order valence-corrected chi connectivity index (χ2v) is 7.86. The van der Waals surface area contributed by atoms with Crippen molar-refractivity contribution < 1.29 is 17.9 Å². The lowest BCUT2D eigenvalue weighted by Crippen LogP contribution is -2.40. The Morgan fingerprint density at radius 3 is 2.39 bits per heavy atom. The Labute approximate surface area is 111 Å².